The first-order valence-electron chi connectivity index (χ1n) is 16.6. The number of esters is 2. The zero-order chi connectivity index (χ0) is 30.4. The molecule has 0 aliphatic carbocycles. The van der Waals surface area contributed by atoms with Crippen molar-refractivity contribution in [2.24, 2.45) is 11.5 Å². The number of rotatable bonds is 30. The standard InChI is InChI=1S/C32H63N3O5S/c1-3-5-7-9-11-13-15-17-19-21-30(36)39-25-28(26-41-27-29(34)32(38)35-24-23-33)40-31(37)22-20-18-16-14-12-10-8-6-4-2/h28-29H,3-27,33-34H2,1-2H3,(H,35,38)/t28-,29-/m1/s1. The number of ether oxygens (including phenoxy) is 2. The smallest absolute Gasteiger partial charge is 0.306 e. The minimum Gasteiger partial charge on any atom is -0.462 e. The summed E-state index contributed by atoms with van der Waals surface area (Å²) >= 11 is 1.42. The molecule has 0 aromatic heterocycles. The van der Waals surface area contributed by atoms with Crippen molar-refractivity contribution in [3.63, 3.8) is 0 Å². The fraction of sp³-hybridized carbons (Fsp3) is 0.906. The summed E-state index contributed by atoms with van der Waals surface area (Å²) in [5, 5.41) is 2.68. The number of hydrogen-bond acceptors (Lipinski definition) is 8. The summed E-state index contributed by atoms with van der Waals surface area (Å²) in [5.74, 6) is 0.00506. The number of hydrogen-bond donors (Lipinski definition) is 3. The Morgan fingerprint density at radius 1 is 0.683 bits per heavy atom. The van der Waals surface area contributed by atoms with E-state index < -0.39 is 12.1 Å². The van der Waals surface area contributed by atoms with Crippen LogP contribution in [0.25, 0.3) is 0 Å². The van der Waals surface area contributed by atoms with Crippen LogP contribution in [0.1, 0.15) is 142 Å². The van der Waals surface area contributed by atoms with Gasteiger partial charge in [0, 0.05) is 37.4 Å². The van der Waals surface area contributed by atoms with Crippen LogP contribution in [0.2, 0.25) is 0 Å². The Morgan fingerprint density at radius 2 is 1.15 bits per heavy atom. The molecule has 9 heteroatoms. The molecule has 5 N–H and O–H groups in total. The van der Waals surface area contributed by atoms with Gasteiger partial charge in [-0.15, -0.1) is 0 Å². The summed E-state index contributed by atoms with van der Waals surface area (Å²) in [7, 11) is 0. The first-order valence-corrected chi connectivity index (χ1v) is 17.8. The molecule has 0 heterocycles. The van der Waals surface area contributed by atoms with Crippen molar-refractivity contribution in [1.82, 2.24) is 5.32 Å². The van der Waals surface area contributed by atoms with Gasteiger partial charge in [0.2, 0.25) is 5.91 Å². The van der Waals surface area contributed by atoms with Gasteiger partial charge in [0.15, 0.2) is 0 Å². The van der Waals surface area contributed by atoms with Crippen LogP contribution in [0.5, 0.6) is 0 Å². The lowest BCUT2D eigenvalue weighted by Crippen LogP contribution is -2.44. The van der Waals surface area contributed by atoms with Crippen molar-refractivity contribution in [3.05, 3.63) is 0 Å². The Kier molecular flexibility index (Phi) is 29.2. The number of unbranched alkanes of at least 4 members (excludes halogenated alkanes) is 16. The summed E-state index contributed by atoms with van der Waals surface area (Å²) in [6.07, 6.45) is 21.5. The first kappa shape index (κ1) is 39.7. The van der Waals surface area contributed by atoms with Crippen molar-refractivity contribution < 1.29 is 23.9 Å². The molecule has 0 fully saturated rings. The summed E-state index contributed by atoms with van der Waals surface area (Å²) < 4.78 is 11.2. The molecule has 0 aliphatic rings. The Morgan fingerprint density at radius 3 is 1.63 bits per heavy atom. The Bertz CT molecular complexity index is 638. The van der Waals surface area contributed by atoms with Gasteiger partial charge >= 0.3 is 11.9 Å². The second-order valence-electron chi connectivity index (χ2n) is 11.2. The van der Waals surface area contributed by atoms with Gasteiger partial charge in [0.25, 0.3) is 0 Å². The third-order valence-electron chi connectivity index (χ3n) is 7.08. The molecular weight excluding hydrogens is 538 g/mol. The molecule has 0 aromatic rings. The van der Waals surface area contributed by atoms with Crippen LogP contribution >= 0.6 is 11.8 Å². The number of carbonyl (C=O) groups excluding carboxylic acids is 3. The highest BCUT2D eigenvalue weighted by molar-refractivity contribution is 7.99. The predicted octanol–water partition coefficient (Wildman–Crippen LogP) is 6.42. The van der Waals surface area contributed by atoms with E-state index >= 15 is 0 Å². The lowest BCUT2D eigenvalue weighted by atomic mass is 10.1. The molecule has 2 atom stereocenters. The number of nitrogens with two attached hydrogens (primary N) is 2. The van der Waals surface area contributed by atoms with Crippen LogP contribution in [0.3, 0.4) is 0 Å². The van der Waals surface area contributed by atoms with E-state index in [0.29, 0.717) is 37.4 Å². The number of thioether (sulfide) groups is 1. The van der Waals surface area contributed by atoms with Gasteiger partial charge in [-0.05, 0) is 12.8 Å². The molecule has 8 nitrogen and oxygen atoms in total. The van der Waals surface area contributed by atoms with Crippen molar-refractivity contribution in [2.75, 3.05) is 31.2 Å². The zero-order valence-corrected chi connectivity index (χ0v) is 27.3. The Labute approximate surface area is 255 Å². The van der Waals surface area contributed by atoms with E-state index in [0.717, 1.165) is 38.5 Å². The molecule has 0 saturated carbocycles. The largest absolute Gasteiger partial charge is 0.462 e. The molecule has 0 aliphatic heterocycles. The van der Waals surface area contributed by atoms with E-state index in [1.165, 1.54) is 88.8 Å². The SMILES string of the molecule is CCCCCCCCCCCC(=O)OC[C@H](CSC[C@@H](N)C(=O)NCCN)OC(=O)CCCCCCCCCCC. The lowest BCUT2D eigenvalue weighted by molar-refractivity contribution is -0.157. The van der Waals surface area contributed by atoms with E-state index in [4.69, 9.17) is 20.9 Å². The Balaban J connectivity index is 4.37. The number of nitrogens with one attached hydrogen (secondary N) is 1. The summed E-state index contributed by atoms with van der Waals surface area (Å²) in [6, 6.07) is -0.681. The maximum atomic E-state index is 12.5. The molecular formula is C32H63N3O5S. The van der Waals surface area contributed by atoms with Gasteiger partial charge in [0.1, 0.15) is 12.7 Å². The van der Waals surface area contributed by atoms with Crippen molar-refractivity contribution in [2.45, 2.75) is 154 Å². The maximum Gasteiger partial charge on any atom is 0.306 e. The molecule has 0 unspecified atom stereocenters. The highest BCUT2D eigenvalue weighted by Gasteiger charge is 2.19. The highest BCUT2D eigenvalue weighted by Crippen LogP contribution is 2.14. The van der Waals surface area contributed by atoms with Crippen LogP contribution < -0.4 is 16.8 Å². The molecule has 0 saturated heterocycles. The third-order valence-corrected chi connectivity index (χ3v) is 8.28. The molecule has 242 valence electrons. The summed E-state index contributed by atoms with van der Waals surface area (Å²) in [5.41, 5.74) is 11.4. The normalized spacial score (nSPS) is 12.6. The highest BCUT2D eigenvalue weighted by atomic mass is 32.2. The second kappa shape index (κ2) is 30.1. The minimum absolute atomic E-state index is 0.0291. The van der Waals surface area contributed by atoms with Crippen LogP contribution in [0.4, 0.5) is 0 Å². The fourth-order valence-electron chi connectivity index (χ4n) is 4.51. The van der Waals surface area contributed by atoms with Gasteiger partial charge in [-0.25, -0.2) is 0 Å². The number of amides is 1. The van der Waals surface area contributed by atoms with Crippen LogP contribution in [-0.4, -0.2) is 61.2 Å². The molecule has 1 amide bonds. The molecule has 0 rings (SSSR count). The van der Waals surface area contributed by atoms with E-state index in [2.05, 4.69) is 19.2 Å². The van der Waals surface area contributed by atoms with Crippen LogP contribution in [-0.2, 0) is 23.9 Å². The van der Waals surface area contributed by atoms with Gasteiger partial charge in [-0.2, -0.15) is 11.8 Å². The van der Waals surface area contributed by atoms with Crippen molar-refractivity contribution in [1.29, 1.82) is 0 Å². The van der Waals surface area contributed by atoms with E-state index in [9.17, 15) is 14.4 Å². The quantitative estimate of drug-likeness (QED) is 0.0634. The van der Waals surface area contributed by atoms with Gasteiger partial charge in [-0.3, -0.25) is 14.4 Å². The minimum atomic E-state index is -0.681. The molecule has 0 aromatic carbocycles. The third kappa shape index (κ3) is 27.3. The molecule has 0 bridgehead atoms. The summed E-state index contributed by atoms with van der Waals surface area (Å²) in [4.78, 5) is 36.8. The maximum absolute atomic E-state index is 12.5. The van der Waals surface area contributed by atoms with Crippen LogP contribution in [0, 0.1) is 0 Å². The van der Waals surface area contributed by atoms with Crippen LogP contribution in [0.15, 0.2) is 0 Å². The fourth-order valence-corrected chi connectivity index (χ4v) is 5.48. The number of carbonyl (C=O) groups is 3. The molecule has 0 spiro atoms. The molecule has 0 radical (unpaired) electrons. The lowest BCUT2D eigenvalue weighted by Gasteiger charge is -2.19. The molecule has 41 heavy (non-hydrogen) atoms. The summed E-state index contributed by atoms with van der Waals surface area (Å²) in [6.45, 7) is 5.22. The predicted molar refractivity (Wildman–Crippen MR) is 172 cm³/mol. The van der Waals surface area contributed by atoms with Gasteiger partial charge < -0.3 is 26.3 Å². The zero-order valence-electron chi connectivity index (χ0n) is 26.4. The second-order valence-corrected chi connectivity index (χ2v) is 12.3. The van der Waals surface area contributed by atoms with Crippen molar-refractivity contribution >= 4 is 29.6 Å². The topological polar surface area (TPSA) is 134 Å². The Hall–Kier alpha value is -1.32. The first-order chi connectivity index (χ1) is 19.9. The van der Waals surface area contributed by atoms with Crippen molar-refractivity contribution in [3.8, 4) is 0 Å². The van der Waals surface area contributed by atoms with E-state index in [1.807, 2.05) is 0 Å². The van der Waals surface area contributed by atoms with E-state index in [-0.39, 0.29) is 24.5 Å². The average molecular weight is 602 g/mol. The average Bonchev–Trinajstić information content (AvgIpc) is 2.96. The van der Waals surface area contributed by atoms with Gasteiger partial charge in [0.05, 0.1) is 6.04 Å². The monoisotopic (exact) mass is 601 g/mol. The van der Waals surface area contributed by atoms with Gasteiger partial charge in [-0.1, -0.05) is 117 Å². The van der Waals surface area contributed by atoms with E-state index in [1.54, 1.807) is 0 Å².